The predicted octanol–water partition coefficient (Wildman–Crippen LogP) is 5.59. The van der Waals surface area contributed by atoms with Crippen LogP contribution in [0.15, 0.2) is 35.9 Å². The van der Waals surface area contributed by atoms with Crippen LogP contribution in [-0.4, -0.2) is 44.4 Å². The number of ether oxygens (including phenoxy) is 2. The second-order valence-electron chi connectivity index (χ2n) is 9.78. The largest absolute Gasteiger partial charge is 0.497 e. The number of hydrogen-bond donors (Lipinski definition) is 0. The summed E-state index contributed by atoms with van der Waals surface area (Å²) in [6.45, 7) is 13.6. The third-order valence-electron chi connectivity index (χ3n) is 7.00. The fourth-order valence-electron chi connectivity index (χ4n) is 5.00. The monoisotopic (exact) mass is 385 g/mol. The molecule has 1 atom stereocenters. The van der Waals surface area contributed by atoms with Crippen molar-refractivity contribution in [2.75, 3.05) is 33.4 Å². The molecule has 2 aliphatic heterocycles. The van der Waals surface area contributed by atoms with Crippen molar-refractivity contribution in [1.29, 1.82) is 0 Å². The first-order chi connectivity index (χ1) is 13.3. The SMILES string of the molecule is COc1ccc(C(C)(C)CC(C=C(C)C)N2CCC3(CCOCC3)CC2)cc1. The number of rotatable bonds is 6. The molecule has 0 amide bonds. The molecule has 1 aromatic rings. The van der Waals surface area contributed by atoms with Gasteiger partial charge in [0, 0.05) is 19.3 Å². The zero-order valence-electron chi connectivity index (χ0n) is 18.6. The van der Waals surface area contributed by atoms with Gasteiger partial charge in [-0.05, 0) is 87.6 Å². The molecule has 3 heteroatoms. The molecule has 0 bridgehead atoms. The number of hydrogen-bond acceptors (Lipinski definition) is 3. The summed E-state index contributed by atoms with van der Waals surface area (Å²) in [4.78, 5) is 2.74. The van der Waals surface area contributed by atoms with Gasteiger partial charge in [0.25, 0.3) is 0 Å². The van der Waals surface area contributed by atoms with Crippen molar-refractivity contribution in [3.8, 4) is 5.75 Å². The van der Waals surface area contributed by atoms with Gasteiger partial charge < -0.3 is 9.47 Å². The molecule has 2 fully saturated rings. The maximum absolute atomic E-state index is 5.62. The summed E-state index contributed by atoms with van der Waals surface area (Å²) in [6.07, 6.45) is 8.80. The van der Waals surface area contributed by atoms with E-state index in [0.717, 1.165) is 25.4 Å². The lowest BCUT2D eigenvalue weighted by atomic mass is 9.71. The second-order valence-corrected chi connectivity index (χ2v) is 9.78. The van der Waals surface area contributed by atoms with Crippen molar-refractivity contribution in [3.63, 3.8) is 0 Å². The summed E-state index contributed by atoms with van der Waals surface area (Å²) >= 11 is 0. The molecule has 1 aromatic carbocycles. The van der Waals surface area contributed by atoms with Gasteiger partial charge in [-0.1, -0.05) is 37.6 Å². The van der Waals surface area contributed by atoms with Crippen LogP contribution in [0.3, 0.4) is 0 Å². The van der Waals surface area contributed by atoms with E-state index in [1.807, 2.05) is 0 Å². The van der Waals surface area contributed by atoms with Crippen LogP contribution in [-0.2, 0) is 10.2 Å². The Morgan fingerprint density at radius 1 is 1.11 bits per heavy atom. The third-order valence-corrected chi connectivity index (χ3v) is 7.00. The highest BCUT2D eigenvalue weighted by molar-refractivity contribution is 5.32. The van der Waals surface area contributed by atoms with Gasteiger partial charge in [-0.3, -0.25) is 4.90 Å². The number of nitrogens with zero attached hydrogens (tertiary/aromatic N) is 1. The Bertz CT molecular complexity index is 642. The van der Waals surface area contributed by atoms with Crippen molar-refractivity contribution in [1.82, 2.24) is 4.90 Å². The van der Waals surface area contributed by atoms with Crippen molar-refractivity contribution < 1.29 is 9.47 Å². The fraction of sp³-hybridized carbons (Fsp3) is 0.680. The van der Waals surface area contributed by atoms with E-state index in [0.29, 0.717) is 11.5 Å². The molecule has 28 heavy (non-hydrogen) atoms. The minimum atomic E-state index is 0.122. The normalized spacial score (nSPS) is 21.3. The molecule has 0 radical (unpaired) electrons. The number of benzene rings is 1. The zero-order chi connectivity index (χ0) is 20.2. The number of methoxy groups -OCH3 is 1. The van der Waals surface area contributed by atoms with Crippen LogP contribution in [0.1, 0.15) is 65.4 Å². The summed E-state index contributed by atoms with van der Waals surface area (Å²) in [5, 5.41) is 0. The molecule has 0 saturated carbocycles. The molecule has 0 aromatic heterocycles. The van der Waals surface area contributed by atoms with Gasteiger partial charge in [0.1, 0.15) is 5.75 Å². The number of likely N-dealkylation sites (tertiary alicyclic amines) is 1. The van der Waals surface area contributed by atoms with Crippen molar-refractivity contribution in [2.24, 2.45) is 5.41 Å². The van der Waals surface area contributed by atoms with Crippen molar-refractivity contribution in [3.05, 3.63) is 41.5 Å². The minimum Gasteiger partial charge on any atom is -0.497 e. The van der Waals surface area contributed by atoms with Gasteiger partial charge in [0.15, 0.2) is 0 Å². The summed E-state index contributed by atoms with van der Waals surface area (Å²) in [6, 6.07) is 9.13. The highest BCUT2D eigenvalue weighted by Gasteiger charge is 2.38. The Labute approximate surface area is 172 Å². The molecule has 1 spiro atoms. The van der Waals surface area contributed by atoms with Crippen LogP contribution in [0.25, 0.3) is 0 Å². The maximum atomic E-state index is 5.62. The van der Waals surface area contributed by atoms with Gasteiger partial charge in [0.2, 0.25) is 0 Å². The van der Waals surface area contributed by atoms with Crippen LogP contribution in [0.5, 0.6) is 5.75 Å². The van der Waals surface area contributed by atoms with Gasteiger partial charge in [-0.2, -0.15) is 0 Å². The third kappa shape index (κ3) is 5.18. The van der Waals surface area contributed by atoms with Gasteiger partial charge in [-0.15, -0.1) is 0 Å². The predicted molar refractivity (Wildman–Crippen MR) is 117 cm³/mol. The van der Waals surface area contributed by atoms with Gasteiger partial charge in [0.05, 0.1) is 7.11 Å². The van der Waals surface area contributed by atoms with Crippen LogP contribution in [0.2, 0.25) is 0 Å². The summed E-state index contributed by atoms with van der Waals surface area (Å²) in [5.74, 6) is 0.929. The molecule has 2 heterocycles. The summed E-state index contributed by atoms with van der Waals surface area (Å²) in [5.41, 5.74) is 3.48. The van der Waals surface area contributed by atoms with E-state index in [4.69, 9.17) is 9.47 Å². The van der Waals surface area contributed by atoms with E-state index in [1.165, 1.54) is 49.9 Å². The highest BCUT2D eigenvalue weighted by Crippen LogP contribution is 2.42. The van der Waals surface area contributed by atoms with Crippen LogP contribution in [0.4, 0.5) is 0 Å². The minimum absolute atomic E-state index is 0.122. The summed E-state index contributed by atoms with van der Waals surface area (Å²) in [7, 11) is 1.73. The first kappa shape index (κ1) is 21.4. The smallest absolute Gasteiger partial charge is 0.118 e. The van der Waals surface area contributed by atoms with Crippen LogP contribution in [0, 0.1) is 5.41 Å². The van der Waals surface area contributed by atoms with Crippen LogP contribution >= 0.6 is 0 Å². The van der Waals surface area contributed by atoms with E-state index in [2.05, 4.69) is 62.9 Å². The Morgan fingerprint density at radius 3 is 2.25 bits per heavy atom. The molecule has 3 rings (SSSR count). The van der Waals surface area contributed by atoms with E-state index < -0.39 is 0 Å². The molecular weight excluding hydrogens is 346 g/mol. The Hall–Kier alpha value is -1.32. The molecule has 2 aliphatic rings. The maximum Gasteiger partial charge on any atom is 0.118 e. The van der Waals surface area contributed by atoms with Crippen molar-refractivity contribution >= 4 is 0 Å². The van der Waals surface area contributed by atoms with E-state index in [1.54, 1.807) is 7.11 Å². The highest BCUT2D eigenvalue weighted by atomic mass is 16.5. The molecule has 3 nitrogen and oxygen atoms in total. The van der Waals surface area contributed by atoms with Crippen LogP contribution < -0.4 is 4.74 Å². The average Bonchev–Trinajstić information content (AvgIpc) is 2.68. The standard InChI is InChI=1S/C25H39NO2/c1-20(2)18-22(19-24(3,4)21-6-8-23(27-5)9-7-21)26-14-10-25(11-15-26)12-16-28-17-13-25/h6-9,18,22H,10-17,19H2,1-5H3. The topological polar surface area (TPSA) is 21.7 Å². The van der Waals surface area contributed by atoms with Gasteiger partial charge >= 0.3 is 0 Å². The average molecular weight is 386 g/mol. The molecule has 1 unspecified atom stereocenters. The fourth-order valence-corrected chi connectivity index (χ4v) is 5.00. The first-order valence-corrected chi connectivity index (χ1v) is 10.9. The van der Waals surface area contributed by atoms with Gasteiger partial charge in [-0.25, -0.2) is 0 Å². The lowest BCUT2D eigenvalue weighted by Gasteiger charge is -2.47. The Kier molecular flexibility index (Phi) is 6.88. The summed E-state index contributed by atoms with van der Waals surface area (Å²) < 4.78 is 11.0. The molecule has 2 saturated heterocycles. The lowest BCUT2D eigenvalue weighted by Crippen LogP contribution is -2.47. The first-order valence-electron chi connectivity index (χ1n) is 10.9. The lowest BCUT2D eigenvalue weighted by molar-refractivity contribution is -0.0259. The Balaban J connectivity index is 1.70. The van der Waals surface area contributed by atoms with E-state index in [-0.39, 0.29) is 5.41 Å². The Morgan fingerprint density at radius 2 is 1.71 bits per heavy atom. The number of piperidine rings is 1. The molecule has 0 aliphatic carbocycles. The van der Waals surface area contributed by atoms with E-state index in [9.17, 15) is 0 Å². The second kappa shape index (κ2) is 9.00. The molecule has 156 valence electrons. The number of allylic oxidation sites excluding steroid dienone is 1. The van der Waals surface area contributed by atoms with E-state index >= 15 is 0 Å². The molecular formula is C25H39NO2. The quantitative estimate of drug-likeness (QED) is 0.596. The van der Waals surface area contributed by atoms with Crippen molar-refractivity contribution in [2.45, 2.75) is 71.3 Å². The molecule has 0 N–H and O–H groups in total. The zero-order valence-corrected chi connectivity index (χ0v) is 18.6.